The Hall–Kier alpha value is -2.53. The molecule has 3 aliphatic rings. The molecule has 5 nitrogen and oxygen atoms in total. The Morgan fingerprint density at radius 3 is 2.59 bits per heavy atom. The predicted molar refractivity (Wildman–Crippen MR) is 127 cm³/mol. The third kappa shape index (κ3) is 4.78. The number of fused-ring (bicyclic) bond motifs is 2. The van der Waals surface area contributed by atoms with Crippen LogP contribution in [0.4, 0.5) is 5.69 Å². The van der Waals surface area contributed by atoms with E-state index >= 15 is 0 Å². The van der Waals surface area contributed by atoms with Gasteiger partial charge in [0.2, 0.25) is 5.91 Å². The van der Waals surface area contributed by atoms with Crippen LogP contribution in [-0.4, -0.2) is 50.2 Å². The average molecular weight is 435 g/mol. The fourth-order valence-electron chi connectivity index (χ4n) is 5.25. The summed E-state index contributed by atoms with van der Waals surface area (Å²) in [6.45, 7) is 7.42. The van der Waals surface area contributed by atoms with Crippen molar-refractivity contribution in [3.63, 3.8) is 0 Å². The van der Waals surface area contributed by atoms with Gasteiger partial charge in [0.25, 0.3) is 0 Å². The maximum Gasteiger partial charge on any atom is 0.227 e. The number of hydrogen-bond acceptors (Lipinski definition) is 4. The van der Waals surface area contributed by atoms with Crippen molar-refractivity contribution in [2.75, 3.05) is 44.3 Å². The third-order valence-corrected chi connectivity index (χ3v) is 7.24. The number of carbonyl (C=O) groups is 1. The summed E-state index contributed by atoms with van der Waals surface area (Å²) in [5.41, 5.74) is 5.01. The molecule has 0 saturated carbocycles. The molecule has 5 heteroatoms. The largest absolute Gasteiger partial charge is 0.486 e. The SMILES string of the molecule is Cc1ccc2c(c1)N(CCN1CCC(CCc3ccc4c(c3)OCCO4)CC1)C(=O)CC2. The van der Waals surface area contributed by atoms with Crippen molar-refractivity contribution in [1.82, 2.24) is 4.90 Å². The number of anilines is 1. The highest BCUT2D eigenvalue weighted by Crippen LogP contribution is 2.32. The summed E-state index contributed by atoms with van der Waals surface area (Å²) in [5, 5.41) is 0. The summed E-state index contributed by atoms with van der Waals surface area (Å²) in [6.07, 6.45) is 6.32. The molecule has 2 aromatic carbocycles. The lowest BCUT2D eigenvalue weighted by molar-refractivity contribution is -0.119. The minimum absolute atomic E-state index is 0.275. The van der Waals surface area contributed by atoms with Gasteiger partial charge in [-0.15, -0.1) is 0 Å². The minimum atomic E-state index is 0.275. The van der Waals surface area contributed by atoms with E-state index in [4.69, 9.17) is 9.47 Å². The molecule has 0 radical (unpaired) electrons. The van der Waals surface area contributed by atoms with Gasteiger partial charge in [-0.2, -0.15) is 0 Å². The van der Waals surface area contributed by atoms with Crippen molar-refractivity contribution in [3.05, 3.63) is 53.1 Å². The summed E-state index contributed by atoms with van der Waals surface area (Å²) in [6, 6.07) is 12.9. The summed E-state index contributed by atoms with van der Waals surface area (Å²) >= 11 is 0. The summed E-state index contributed by atoms with van der Waals surface area (Å²) in [5.74, 6) is 2.82. The number of ether oxygens (including phenoxy) is 2. The van der Waals surface area contributed by atoms with Crippen LogP contribution >= 0.6 is 0 Å². The number of hydrogen-bond donors (Lipinski definition) is 0. The quantitative estimate of drug-likeness (QED) is 0.676. The molecule has 0 unspecified atom stereocenters. The number of amides is 1. The first-order chi connectivity index (χ1) is 15.7. The molecule has 1 fully saturated rings. The zero-order valence-electron chi connectivity index (χ0n) is 19.1. The Kier molecular flexibility index (Phi) is 6.35. The highest BCUT2D eigenvalue weighted by molar-refractivity contribution is 5.96. The van der Waals surface area contributed by atoms with Gasteiger partial charge in [-0.1, -0.05) is 18.2 Å². The molecule has 5 rings (SSSR count). The van der Waals surface area contributed by atoms with E-state index in [-0.39, 0.29) is 5.91 Å². The summed E-state index contributed by atoms with van der Waals surface area (Å²) in [4.78, 5) is 17.2. The lowest BCUT2D eigenvalue weighted by Crippen LogP contribution is -2.43. The predicted octanol–water partition coefficient (Wildman–Crippen LogP) is 4.39. The van der Waals surface area contributed by atoms with Crippen LogP contribution in [0.3, 0.4) is 0 Å². The number of piperidine rings is 1. The lowest BCUT2D eigenvalue weighted by Gasteiger charge is -2.35. The molecule has 3 aliphatic heterocycles. The van der Waals surface area contributed by atoms with Crippen LogP contribution in [0.25, 0.3) is 0 Å². The average Bonchev–Trinajstić information content (AvgIpc) is 2.82. The molecule has 170 valence electrons. The number of benzene rings is 2. The second kappa shape index (κ2) is 9.53. The molecular weight excluding hydrogens is 400 g/mol. The van der Waals surface area contributed by atoms with Crippen molar-refractivity contribution in [3.8, 4) is 11.5 Å². The van der Waals surface area contributed by atoms with E-state index in [1.807, 2.05) is 11.0 Å². The van der Waals surface area contributed by atoms with Gasteiger partial charge in [-0.05, 0) is 92.9 Å². The van der Waals surface area contributed by atoms with Crippen LogP contribution < -0.4 is 14.4 Å². The Morgan fingerprint density at radius 1 is 0.938 bits per heavy atom. The Labute approximate surface area is 191 Å². The Bertz CT molecular complexity index is 965. The first-order valence-electron chi connectivity index (χ1n) is 12.2. The number of carbonyl (C=O) groups excluding carboxylic acids is 1. The molecule has 1 saturated heterocycles. The van der Waals surface area contributed by atoms with Crippen molar-refractivity contribution >= 4 is 11.6 Å². The van der Waals surface area contributed by atoms with E-state index in [0.29, 0.717) is 19.6 Å². The zero-order valence-corrected chi connectivity index (χ0v) is 19.1. The van der Waals surface area contributed by atoms with Gasteiger partial charge in [0.1, 0.15) is 13.2 Å². The highest BCUT2D eigenvalue weighted by Gasteiger charge is 2.26. The topological polar surface area (TPSA) is 42.0 Å². The van der Waals surface area contributed by atoms with Gasteiger partial charge in [0, 0.05) is 25.2 Å². The van der Waals surface area contributed by atoms with Crippen LogP contribution in [0.2, 0.25) is 0 Å². The maximum absolute atomic E-state index is 12.6. The Morgan fingerprint density at radius 2 is 1.75 bits per heavy atom. The molecule has 32 heavy (non-hydrogen) atoms. The molecule has 0 aromatic heterocycles. The Balaban J connectivity index is 1.09. The fourth-order valence-corrected chi connectivity index (χ4v) is 5.25. The minimum Gasteiger partial charge on any atom is -0.486 e. The number of aryl methyl sites for hydroxylation is 3. The molecule has 0 N–H and O–H groups in total. The van der Waals surface area contributed by atoms with E-state index in [2.05, 4.69) is 42.2 Å². The van der Waals surface area contributed by atoms with Gasteiger partial charge in [0.15, 0.2) is 11.5 Å². The first kappa shape index (κ1) is 21.3. The molecular formula is C27H34N2O3. The number of rotatable bonds is 6. The number of nitrogens with zero attached hydrogens (tertiary/aromatic N) is 2. The molecule has 0 atom stereocenters. The van der Waals surface area contributed by atoms with Gasteiger partial charge < -0.3 is 19.3 Å². The third-order valence-electron chi connectivity index (χ3n) is 7.24. The second-order valence-electron chi connectivity index (χ2n) is 9.48. The van der Waals surface area contributed by atoms with E-state index in [1.165, 1.54) is 36.0 Å². The molecule has 0 aliphatic carbocycles. The van der Waals surface area contributed by atoms with E-state index in [9.17, 15) is 4.79 Å². The van der Waals surface area contributed by atoms with Gasteiger partial charge in [-0.25, -0.2) is 0 Å². The summed E-state index contributed by atoms with van der Waals surface area (Å²) < 4.78 is 11.4. The van der Waals surface area contributed by atoms with Crippen molar-refractivity contribution < 1.29 is 14.3 Å². The normalized spacial score (nSPS) is 19.2. The molecule has 0 spiro atoms. The monoisotopic (exact) mass is 434 g/mol. The van der Waals surface area contributed by atoms with Gasteiger partial charge in [0.05, 0.1) is 0 Å². The van der Waals surface area contributed by atoms with Crippen LogP contribution in [0, 0.1) is 12.8 Å². The molecule has 3 heterocycles. The molecule has 0 bridgehead atoms. The van der Waals surface area contributed by atoms with Gasteiger partial charge in [-0.3, -0.25) is 4.79 Å². The van der Waals surface area contributed by atoms with Crippen molar-refractivity contribution in [2.24, 2.45) is 5.92 Å². The van der Waals surface area contributed by atoms with Crippen LogP contribution in [0.1, 0.15) is 42.4 Å². The van der Waals surface area contributed by atoms with E-state index in [1.54, 1.807) is 0 Å². The highest BCUT2D eigenvalue weighted by atomic mass is 16.6. The fraction of sp³-hybridized carbons (Fsp3) is 0.519. The standard InChI is InChI=1S/C27H34N2O3/c1-20-2-6-23-7-9-27(30)29(24(23)18-20)15-14-28-12-10-21(11-13-28)3-4-22-5-8-25-26(19-22)32-17-16-31-25/h2,5-6,8,18-19,21H,3-4,7,9-17H2,1H3. The first-order valence-corrected chi connectivity index (χ1v) is 12.2. The smallest absolute Gasteiger partial charge is 0.227 e. The van der Waals surface area contributed by atoms with Crippen LogP contribution in [-0.2, 0) is 17.6 Å². The van der Waals surface area contributed by atoms with Crippen molar-refractivity contribution in [1.29, 1.82) is 0 Å². The van der Waals surface area contributed by atoms with Crippen LogP contribution in [0.15, 0.2) is 36.4 Å². The lowest BCUT2D eigenvalue weighted by atomic mass is 9.90. The van der Waals surface area contributed by atoms with Gasteiger partial charge >= 0.3 is 0 Å². The number of likely N-dealkylation sites (tertiary alicyclic amines) is 1. The molecule has 1 amide bonds. The van der Waals surface area contributed by atoms with Crippen LogP contribution in [0.5, 0.6) is 11.5 Å². The maximum atomic E-state index is 12.6. The van der Waals surface area contributed by atoms with E-state index in [0.717, 1.165) is 62.1 Å². The molecule has 2 aromatic rings. The second-order valence-corrected chi connectivity index (χ2v) is 9.48. The summed E-state index contributed by atoms with van der Waals surface area (Å²) in [7, 11) is 0. The van der Waals surface area contributed by atoms with Crippen molar-refractivity contribution in [2.45, 2.75) is 45.4 Å². The zero-order chi connectivity index (χ0) is 21.9. The van der Waals surface area contributed by atoms with E-state index < -0.39 is 0 Å².